The molecule has 16 heavy (non-hydrogen) atoms. The van der Waals surface area contributed by atoms with Crippen LogP contribution in [-0.4, -0.2) is 20.1 Å². The highest BCUT2D eigenvalue weighted by atomic mass is 19.1. The molecule has 0 unspecified atom stereocenters. The molecule has 0 aromatic heterocycles. The van der Waals surface area contributed by atoms with E-state index < -0.39 is 11.7 Å². The Morgan fingerprint density at radius 1 is 1.38 bits per heavy atom. The van der Waals surface area contributed by atoms with Gasteiger partial charge in [0.25, 0.3) is 5.91 Å². The first-order valence-corrected chi connectivity index (χ1v) is 4.52. The summed E-state index contributed by atoms with van der Waals surface area (Å²) in [7, 11) is 2.72. The first kappa shape index (κ1) is 12.0. The normalized spacial score (nSPS) is 10.8. The van der Waals surface area contributed by atoms with Gasteiger partial charge in [0.1, 0.15) is 12.0 Å². The standard InChI is InChI=1S/C11H12FNO3/c1-15-7-8(12)11(14)13-9-5-3-4-6-10(9)16-2/h3-7H,1-2H3,(H,13,14)/b8-7-. The van der Waals surface area contributed by atoms with E-state index in [-0.39, 0.29) is 0 Å². The van der Waals surface area contributed by atoms with Crippen LogP contribution in [-0.2, 0) is 9.53 Å². The first-order chi connectivity index (χ1) is 7.69. The maximum absolute atomic E-state index is 13.0. The van der Waals surface area contributed by atoms with Gasteiger partial charge in [-0.25, -0.2) is 0 Å². The van der Waals surface area contributed by atoms with Crippen LogP contribution in [0.2, 0.25) is 0 Å². The van der Waals surface area contributed by atoms with E-state index in [0.29, 0.717) is 11.4 Å². The van der Waals surface area contributed by atoms with Crippen molar-refractivity contribution in [2.75, 3.05) is 19.5 Å². The molecule has 0 aliphatic heterocycles. The van der Waals surface area contributed by atoms with Gasteiger partial charge in [0, 0.05) is 0 Å². The molecule has 5 heteroatoms. The van der Waals surface area contributed by atoms with Crippen molar-refractivity contribution in [2.24, 2.45) is 0 Å². The molecule has 86 valence electrons. The molecule has 4 nitrogen and oxygen atoms in total. The minimum Gasteiger partial charge on any atom is -0.501 e. The predicted molar refractivity (Wildman–Crippen MR) is 57.8 cm³/mol. The number of hydrogen-bond acceptors (Lipinski definition) is 3. The van der Waals surface area contributed by atoms with Gasteiger partial charge in [-0.15, -0.1) is 0 Å². The number of rotatable bonds is 4. The quantitative estimate of drug-likeness (QED) is 0.630. The summed E-state index contributed by atoms with van der Waals surface area (Å²) in [5.41, 5.74) is 0.398. The summed E-state index contributed by atoms with van der Waals surface area (Å²) in [6, 6.07) is 6.72. The fourth-order valence-electron chi connectivity index (χ4n) is 1.09. The minimum atomic E-state index is -1.01. The van der Waals surface area contributed by atoms with Gasteiger partial charge in [0.05, 0.1) is 19.9 Å². The number of halogens is 1. The zero-order chi connectivity index (χ0) is 12.0. The van der Waals surface area contributed by atoms with Gasteiger partial charge < -0.3 is 14.8 Å². The fourth-order valence-corrected chi connectivity index (χ4v) is 1.09. The third-order valence-corrected chi connectivity index (χ3v) is 1.79. The summed E-state index contributed by atoms with van der Waals surface area (Å²) in [5, 5.41) is 2.36. The van der Waals surface area contributed by atoms with Gasteiger partial charge in [0.2, 0.25) is 5.83 Å². The van der Waals surface area contributed by atoms with E-state index in [1.54, 1.807) is 24.3 Å². The maximum atomic E-state index is 13.0. The second-order valence-electron chi connectivity index (χ2n) is 2.86. The number of para-hydroxylation sites is 2. The van der Waals surface area contributed by atoms with Crippen molar-refractivity contribution in [3.05, 3.63) is 36.4 Å². The lowest BCUT2D eigenvalue weighted by Gasteiger charge is -2.08. The zero-order valence-electron chi connectivity index (χ0n) is 8.99. The largest absolute Gasteiger partial charge is 0.501 e. The van der Waals surface area contributed by atoms with Crippen LogP contribution in [0.25, 0.3) is 0 Å². The Morgan fingerprint density at radius 3 is 2.69 bits per heavy atom. The third kappa shape index (κ3) is 2.98. The monoisotopic (exact) mass is 225 g/mol. The highest BCUT2D eigenvalue weighted by Gasteiger charge is 2.11. The Balaban J connectivity index is 2.80. The van der Waals surface area contributed by atoms with Crippen LogP contribution in [0, 0.1) is 0 Å². The molecule has 1 amide bonds. The molecule has 1 aromatic rings. The van der Waals surface area contributed by atoms with Crippen LogP contribution in [0.5, 0.6) is 5.75 Å². The molecule has 0 bridgehead atoms. The van der Waals surface area contributed by atoms with Crippen LogP contribution < -0.4 is 10.1 Å². The Bertz CT molecular complexity index is 404. The Morgan fingerprint density at radius 2 is 2.06 bits per heavy atom. The summed E-state index contributed by atoms with van der Waals surface area (Å²) in [4.78, 5) is 11.3. The van der Waals surface area contributed by atoms with E-state index in [9.17, 15) is 9.18 Å². The summed E-state index contributed by atoms with van der Waals surface area (Å²) in [5.74, 6) is -1.43. The molecule has 0 fully saturated rings. The van der Waals surface area contributed by atoms with E-state index in [0.717, 1.165) is 6.26 Å². The van der Waals surface area contributed by atoms with Gasteiger partial charge in [-0.1, -0.05) is 12.1 Å². The van der Waals surface area contributed by atoms with Gasteiger partial charge in [0.15, 0.2) is 0 Å². The smallest absolute Gasteiger partial charge is 0.287 e. The van der Waals surface area contributed by atoms with Crippen LogP contribution in [0.3, 0.4) is 0 Å². The predicted octanol–water partition coefficient (Wildman–Crippen LogP) is 2.09. The fraction of sp³-hybridized carbons (Fsp3) is 0.182. The first-order valence-electron chi connectivity index (χ1n) is 4.52. The highest BCUT2D eigenvalue weighted by Crippen LogP contribution is 2.23. The molecular formula is C11H12FNO3. The van der Waals surface area contributed by atoms with Crippen LogP contribution in [0.1, 0.15) is 0 Å². The summed E-state index contributed by atoms with van der Waals surface area (Å²) in [6.45, 7) is 0. The number of carbonyl (C=O) groups excluding carboxylic acids is 1. The molecule has 0 radical (unpaired) electrons. The van der Waals surface area contributed by atoms with E-state index in [4.69, 9.17) is 4.74 Å². The summed E-state index contributed by atoms with van der Waals surface area (Å²) >= 11 is 0. The molecule has 0 atom stereocenters. The van der Waals surface area contributed by atoms with Gasteiger partial charge in [-0.3, -0.25) is 4.79 Å². The topological polar surface area (TPSA) is 47.6 Å². The molecule has 1 N–H and O–H groups in total. The Hall–Kier alpha value is -2.04. The number of methoxy groups -OCH3 is 2. The van der Waals surface area contributed by atoms with Gasteiger partial charge in [-0.05, 0) is 12.1 Å². The van der Waals surface area contributed by atoms with E-state index in [1.807, 2.05) is 0 Å². The van der Waals surface area contributed by atoms with Crippen molar-refractivity contribution in [3.63, 3.8) is 0 Å². The second kappa shape index (κ2) is 5.75. The zero-order valence-corrected chi connectivity index (χ0v) is 8.99. The molecule has 1 aromatic carbocycles. The number of hydrogen-bond donors (Lipinski definition) is 1. The van der Waals surface area contributed by atoms with Crippen molar-refractivity contribution in [3.8, 4) is 5.75 Å². The lowest BCUT2D eigenvalue weighted by atomic mass is 10.3. The Labute approximate surface area is 92.7 Å². The van der Waals surface area contributed by atoms with Gasteiger partial charge in [-0.2, -0.15) is 4.39 Å². The van der Waals surface area contributed by atoms with E-state index in [2.05, 4.69) is 10.1 Å². The molecular weight excluding hydrogens is 213 g/mol. The van der Waals surface area contributed by atoms with Crippen molar-refractivity contribution >= 4 is 11.6 Å². The van der Waals surface area contributed by atoms with Crippen LogP contribution in [0.15, 0.2) is 36.4 Å². The number of amides is 1. The number of anilines is 1. The second-order valence-corrected chi connectivity index (χ2v) is 2.86. The molecule has 0 saturated carbocycles. The number of benzene rings is 1. The molecule has 0 saturated heterocycles. The van der Waals surface area contributed by atoms with E-state index in [1.165, 1.54) is 14.2 Å². The molecule has 1 rings (SSSR count). The van der Waals surface area contributed by atoms with Crippen molar-refractivity contribution in [1.29, 1.82) is 0 Å². The molecule has 0 aliphatic rings. The minimum absolute atomic E-state index is 0.398. The third-order valence-electron chi connectivity index (χ3n) is 1.79. The average Bonchev–Trinajstić information content (AvgIpc) is 2.30. The summed E-state index contributed by atoms with van der Waals surface area (Å²) < 4.78 is 22.4. The molecule has 0 spiro atoms. The number of nitrogens with one attached hydrogen (secondary N) is 1. The molecule has 0 aliphatic carbocycles. The number of carbonyl (C=O) groups is 1. The van der Waals surface area contributed by atoms with Crippen LogP contribution >= 0.6 is 0 Å². The van der Waals surface area contributed by atoms with Crippen LogP contribution in [0.4, 0.5) is 10.1 Å². The lowest BCUT2D eigenvalue weighted by molar-refractivity contribution is -0.114. The summed E-state index contributed by atoms with van der Waals surface area (Å²) in [6.07, 6.45) is 0.727. The Kier molecular flexibility index (Phi) is 4.32. The average molecular weight is 225 g/mol. The van der Waals surface area contributed by atoms with Crippen molar-refractivity contribution in [1.82, 2.24) is 0 Å². The lowest BCUT2D eigenvalue weighted by Crippen LogP contribution is -2.12. The molecule has 0 heterocycles. The van der Waals surface area contributed by atoms with E-state index >= 15 is 0 Å². The highest BCUT2D eigenvalue weighted by molar-refractivity contribution is 6.02. The maximum Gasteiger partial charge on any atom is 0.287 e. The van der Waals surface area contributed by atoms with Crippen molar-refractivity contribution in [2.45, 2.75) is 0 Å². The SMILES string of the molecule is CO/C=C(\F)C(=O)Nc1ccccc1OC. The number of ether oxygens (including phenoxy) is 2. The van der Waals surface area contributed by atoms with Gasteiger partial charge >= 0.3 is 0 Å². The van der Waals surface area contributed by atoms with Crippen molar-refractivity contribution < 1.29 is 18.7 Å².